The van der Waals surface area contributed by atoms with Gasteiger partial charge in [-0.15, -0.1) is 0 Å². The van der Waals surface area contributed by atoms with E-state index in [1.54, 1.807) is 0 Å². The van der Waals surface area contributed by atoms with E-state index >= 15 is 0 Å². The van der Waals surface area contributed by atoms with E-state index in [2.05, 4.69) is 5.32 Å². The van der Waals surface area contributed by atoms with Gasteiger partial charge >= 0.3 is 0 Å². The number of amides is 1. The van der Waals surface area contributed by atoms with Crippen LogP contribution in [0.15, 0.2) is 30.3 Å². The van der Waals surface area contributed by atoms with Gasteiger partial charge < -0.3 is 11.1 Å². The molecule has 110 valence electrons. The third kappa shape index (κ3) is 3.05. The van der Waals surface area contributed by atoms with Gasteiger partial charge in [0.2, 0.25) is 0 Å². The third-order valence-corrected chi connectivity index (χ3v) is 3.99. The summed E-state index contributed by atoms with van der Waals surface area (Å²) in [5, 5.41) is 3.90. The van der Waals surface area contributed by atoms with Gasteiger partial charge in [0.25, 0.3) is 5.91 Å². The topological polar surface area (TPSA) is 68.0 Å². The number of para-hydroxylation sites is 1. The lowest BCUT2D eigenvalue weighted by Crippen LogP contribution is -2.31. The smallest absolute Gasteiger partial charge is 0.252 e. The van der Waals surface area contributed by atoms with E-state index in [1.807, 2.05) is 37.3 Å². The number of pyridine rings is 1. The number of fused-ring (bicyclic) bond motifs is 1. The average molecular weight is 283 g/mol. The summed E-state index contributed by atoms with van der Waals surface area (Å²) < 4.78 is 0. The molecular weight excluding hydrogens is 262 g/mol. The van der Waals surface area contributed by atoms with Crippen LogP contribution in [-0.2, 0) is 0 Å². The zero-order chi connectivity index (χ0) is 14.8. The van der Waals surface area contributed by atoms with E-state index in [0.717, 1.165) is 22.2 Å². The van der Waals surface area contributed by atoms with E-state index in [4.69, 9.17) is 10.7 Å². The fourth-order valence-electron chi connectivity index (χ4n) is 2.42. The molecule has 0 bridgehead atoms. The molecule has 0 spiro atoms. The molecule has 2 aromatic rings. The lowest BCUT2D eigenvalue weighted by molar-refractivity contribution is 0.0950. The predicted molar refractivity (Wildman–Crippen MR) is 84.3 cm³/mol. The molecule has 0 aliphatic heterocycles. The van der Waals surface area contributed by atoms with Crippen LogP contribution in [0, 0.1) is 5.92 Å². The minimum absolute atomic E-state index is 0.0317. The van der Waals surface area contributed by atoms with Crippen LogP contribution < -0.4 is 11.1 Å². The van der Waals surface area contributed by atoms with Crippen molar-refractivity contribution in [2.75, 3.05) is 13.1 Å². The first-order valence-corrected chi connectivity index (χ1v) is 7.57. The van der Waals surface area contributed by atoms with Crippen LogP contribution in [0.25, 0.3) is 10.9 Å². The fourth-order valence-corrected chi connectivity index (χ4v) is 2.42. The van der Waals surface area contributed by atoms with Gasteiger partial charge in [0.1, 0.15) is 0 Å². The highest BCUT2D eigenvalue weighted by Crippen LogP contribution is 2.40. The number of aromatic nitrogens is 1. The first-order valence-electron chi connectivity index (χ1n) is 7.57. The van der Waals surface area contributed by atoms with Crippen molar-refractivity contribution in [3.05, 3.63) is 41.6 Å². The molecule has 3 rings (SSSR count). The molecule has 4 nitrogen and oxygen atoms in total. The Morgan fingerprint density at radius 3 is 2.90 bits per heavy atom. The molecule has 1 unspecified atom stereocenters. The van der Waals surface area contributed by atoms with Crippen LogP contribution in [0.1, 0.15) is 41.7 Å². The molecule has 4 heteroatoms. The van der Waals surface area contributed by atoms with Crippen LogP contribution >= 0.6 is 0 Å². The molecule has 1 heterocycles. The second kappa shape index (κ2) is 5.82. The molecule has 1 fully saturated rings. The largest absolute Gasteiger partial charge is 0.352 e. The SMILES string of the molecule is CC(CN)CNC(=O)c1cc(C2CC2)nc2ccccc12. The van der Waals surface area contributed by atoms with Gasteiger partial charge in [-0.1, -0.05) is 25.1 Å². The van der Waals surface area contributed by atoms with Crippen LogP contribution in [0.3, 0.4) is 0 Å². The highest BCUT2D eigenvalue weighted by Gasteiger charge is 2.26. The van der Waals surface area contributed by atoms with Crippen molar-refractivity contribution in [3.63, 3.8) is 0 Å². The zero-order valence-corrected chi connectivity index (χ0v) is 12.3. The molecule has 1 atom stereocenters. The summed E-state index contributed by atoms with van der Waals surface area (Å²) >= 11 is 0. The van der Waals surface area contributed by atoms with Crippen molar-refractivity contribution < 1.29 is 4.79 Å². The lowest BCUT2D eigenvalue weighted by atomic mass is 10.0. The Balaban J connectivity index is 1.93. The number of nitrogens with zero attached hydrogens (tertiary/aromatic N) is 1. The molecular formula is C17H21N3O. The molecule has 0 saturated heterocycles. The van der Waals surface area contributed by atoms with E-state index in [0.29, 0.717) is 19.0 Å². The number of carbonyl (C=O) groups is 1. The Labute approximate surface area is 124 Å². The highest BCUT2D eigenvalue weighted by atomic mass is 16.1. The molecule has 1 aromatic heterocycles. The second-order valence-electron chi connectivity index (χ2n) is 5.94. The molecule has 1 aliphatic rings. The number of carbonyl (C=O) groups excluding carboxylic acids is 1. The van der Waals surface area contributed by atoms with Crippen molar-refractivity contribution in [2.45, 2.75) is 25.7 Å². The summed E-state index contributed by atoms with van der Waals surface area (Å²) in [7, 11) is 0. The maximum Gasteiger partial charge on any atom is 0.252 e. The average Bonchev–Trinajstić information content (AvgIpc) is 3.36. The second-order valence-corrected chi connectivity index (χ2v) is 5.94. The minimum Gasteiger partial charge on any atom is -0.352 e. The van der Waals surface area contributed by atoms with Crippen LogP contribution in [-0.4, -0.2) is 24.0 Å². The van der Waals surface area contributed by atoms with Crippen molar-refractivity contribution in [1.29, 1.82) is 0 Å². The van der Waals surface area contributed by atoms with Crippen molar-refractivity contribution in [2.24, 2.45) is 11.7 Å². The Kier molecular flexibility index (Phi) is 3.88. The van der Waals surface area contributed by atoms with Gasteiger partial charge in [0, 0.05) is 23.5 Å². The number of hydrogen-bond donors (Lipinski definition) is 2. The molecule has 1 aromatic carbocycles. The summed E-state index contributed by atoms with van der Waals surface area (Å²) in [5.41, 5.74) is 8.28. The normalized spacial score (nSPS) is 15.9. The van der Waals surface area contributed by atoms with Gasteiger partial charge in [-0.05, 0) is 37.4 Å². The van der Waals surface area contributed by atoms with Gasteiger partial charge in [-0.25, -0.2) is 0 Å². The third-order valence-electron chi connectivity index (χ3n) is 3.99. The van der Waals surface area contributed by atoms with Gasteiger partial charge in [-0.3, -0.25) is 9.78 Å². The Hall–Kier alpha value is -1.94. The number of nitrogens with two attached hydrogens (primary N) is 1. The number of nitrogens with one attached hydrogen (secondary N) is 1. The maximum atomic E-state index is 12.5. The molecule has 0 radical (unpaired) electrons. The van der Waals surface area contributed by atoms with Gasteiger partial charge in [0.05, 0.1) is 11.1 Å². The quantitative estimate of drug-likeness (QED) is 0.885. The first kappa shape index (κ1) is 14.0. The molecule has 1 amide bonds. The predicted octanol–water partition coefficient (Wildman–Crippen LogP) is 2.44. The highest BCUT2D eigenvalue weighted by molar-refractivity contribution is 6.06. The van der Waals surface area contributed by atoms with Crippen LogP contribution in [0.4, 0.5) is 0 Å². The minimum atomic E-state index is -0.0317. The Morgan fingerprint density at radius 2 is 2.19 bits per heavy atom. The molecule has 1 aliphatic carbocycles. The molecule has 1 saturated carbocycles. The Bertz CT molecular complexity index is 664. The van der Waals surface area contributed by atoms with Gasteiger partial charge in [-0.2, -0.15) is 0 Å². The van der Waals surface area contributed by atoms with E-state index in [9.17, 15) is 4.79 Å². The molecule has 21 heavy (non-hydrogen) atoms. The van der Waals surface area contributed by atoms with Crippen LogP contribution in [0.5, 0.6) is 0 Å². The summed E-state index contributed by atoms with van der Waals surface area (Å²) in [6.07, 6.45) is 2.35. The monoisotopic (exact) mass is 283 g/mol. The standard InChI is InChI=1S/C17H21N3O/c1-11(9-18)10-19-17(21)14-8-16(12-6-7-12)20-15-5-3-2-4-13(14)15/h2-5,8,11-12H,6-7,9-10,18H2,1H3,(H,19,21). The van der Waals surface area contributed by atoms with E-state index in [-0.39, 0.29) is 11.8 Å². The fraction of sp³-hybridized carbons (Fsp3) is 0.412. The lowest BCUT2D eigenvalue weighted by Gasteiger charge is -2.12. The van der Waals surface area contributed by atoms with Crippen molar-refractivity contribution in [3.8, 4) is 0 Å². The van der Waals surface area contributed by atoms with Crippen molar-refractivity contribution >= 4 is 16.8 Å². The maximum absolute atomic E-state index is 12.5. The van der Waals surface area contributed by atoms with E-state index < -0.39 is 0 Å². The number of rotatable bonds is 5. The van der Waals surface area contributed by atoms with Crippen molar-refractivity contribution in [1.82, 2.24) is 10.3 Å². The summed E-state index contributed by atoms with van der Waals surface area (Å²) in [6.45, 7) is 3.20. The zero-order valence-electron chi connectivity index (χ0n) is 12.3. The van der Waals surface area contributed by atoms with Crippen LogP contribution in [0.2, 0.25) is 0 Å². The number of hydrogen-bond acceptors (Lipinski definition) is 3. The van der Waals surface area contributed by atoms with Gasteiger partial charge in [0.15, 0.2) is 0 Å². The summed E-state index contributed by atoms with van der Waals surface area (Å²) in [5.74, 6) is 0.782. The van der Waals surface area contributed by atoms with E-state index in [1.165, 1.54) is 12.8 Å². The number of benzene rings is 1. The Morgan fingerprint density at radius 1 is 1.43 bits per heavy atom. The first-order chi connectivity index (χ1) is 10.2. The summed E-state index contributed by atoms with van der Waals surface area (Å²) in [4.78, 5) is 17.2. The summed E-state index contributed by atoms with van der Waals surface area (Å²) in [6, 6.07) is 9.80. The molecule has 3 N–H and O–H groups in total.